The molecule has 2 amide bonds. The molecule has 0 aliphatic carbocycles. The quantitative estimate of drug-likeness (QED) is 0.598. The second-order valence-corrected chi connectivity index (χ2v) is 8.44. The van der Waals surface area contributed by atoms with E-state index in [1.54, 1.807) is 15.9 Å². The van der Waals surface area contributed by atoms with Crippen molar-refractivity contribution in [3.63, 3.8) is 0 Å². The lowest BCUT2D eigenvalue weighted by atomic mass is 9.80. The summed E-state index contributed by atoms with van der Waals surface area (Å²) in [5.74, 6) is -0.234. The van der Waals surface area contributed by atoms with Crippen LogP contribution in [-0.2, 0) is 21.5 Å². The number of para-hydroxylation sites is 1. The van der Waals surface area contributed by atoms with E-state index >= 15 is 0 Å². The topological polar surface area (TPSA) is 56.4 Å². The van der Waals surface area contributed by atoms with Gasteiger partial charge in [-0.25, -0.2) is 0 Å². The highest BCUT2D eigenvalue weighted by molar-refractivity contribution is 9.10. The van der Waals surface area contributed by atoms with Crippen LogP contribution < -0.4 is 4.90 Å². The molecule has 0 saturated carbocycles. The van der Waals surface area contributed by atoms with Gasteiger partial charge in [-0.15, -0.1) is 6.58 Å². The molecule has 1 N–H and O–H groups in total. The van der Waals surface area contributed by atoms with Gasteiger partial charge in [0.15, 0.2) is 5.54 Å². The third-order valence-electron chi connectivity index (χ3n) is 6.05. The average Bonchev–Trinajstić information content (AvgIpc) is 3.19. The summed E-state index contributed by atoms with van der Waals surface area (Å²) in [6, 6.07) is 13.9. The van der Waals surface area contributed by atoms with E-state index in [4.69, 9.17) is 0 Å². The Bertz CT molecular complexity index is 1200. The maximum absolute atomic E-state index is 14.0. The van der Waals surface area contributed by atoms with Gasteiger partial charge in [0.2, 0.25) is 5.91 Å². The molecule has 2 aromatic carbocycles. The molecule has 0 fully saturated rings. The molecule has 1 aromatic heterocycles. The Balaban J connectivity index is 1.91. The van der Waals surface area contributed by atoms with E-state index in [-0.39, 0.29) is 11.8 Å². The molecule has 0 bridgehead atoms. The van der Waals surface area contributed by atoms with Gasteiger partial charge in [0.1, 0.15) is 0 Å². The fourth-order valence-electron chi connectivity index (χ4n) is 4.95. The number of nitrogens with zero attached hydrogens (tertiary/aromatic N) is 2. The summed E-state index contributed by atoms with van der Waals surface area (Å²) in [5, 5.41) is 1.11. The van der Waals surface area contributed by atoms with Crippen molar-refractivity contribution in [1.29, 1.82) is 0 Å². The van der Waals surface area contributed by atoms with Crippen LogP contribution in [0.25, 0.3) is 10.9 Å². The number of rotatable bonds is 2. The lowest BCUT2D eigenvalue weighted by Crippen LogP contribution is -2.58. The van der Waals surface area contributed by atoms with Crippen LogP contribution in [0.15, 0.2) is 59.6 Å². The smallest absolute Gasteiger partial charge is 0.264 e. The van der Waals surface area contributed by atoms with Crippen LogP contribution in [-0.4, -0.2) is 34.8 Å². The Morgan fingerprint density at radius 2 is 2.10 bits per heavy atom. The molecule has 29 heavy (non-hydrogen) atoms. The second-order valence-electron chi connectivity index (χ2n) is 7.52. The minimum absolute atomic E-state index is 0.117. The summed E-state index contributed by atoms with van der Waals surface area (Å²) < 4.78 is 0.871. The van der Waals surface area contributed by atoms with Gasteiger partial charge in [0.25, 0.3) is 5.91 Å². The number of nitrogens with one attached hydrogen (secondary N) is 1. The number of fused-ring (bicyclic) bond motifs is 6. The van der Waals surface area contributed by atoms with Crippen molar-refractivity contribution in [2.24, 2.45) is 0 Å². The third kappa shape index (κ3) is 2.26. The molecule has 2 aliphatic rings. The minimum atomic E-state index is -1.19. The first-order valence-electron chi connectivity index (χ1n) is 9.61. The van der Waals surface area contributed by atoms with Crippen molar-refractivity contribution < 1.29 is 9.59 Å². The molecule has 2 aliphatic heterocycles. The fraction of sp³-hybridized carbons (Fsp3) is 0.217. The Morgan fingerprint density at radius 1 is 1.31 bits per heavy atom. The number of hydrogen-bond donors (Lipinski definition) is 1. The van der Waals surface area contributed by atoms with Crippen LogP contribution in [0, 0.1) is 0 Å². The molecule has 0 radical (unpaired) electrons. The molecule has 6 heteroatoms. The van der Waals surface area contributed by atoms with Gasteiger partial charge in [0, 0.05) is 41.0 Å². The number of aromatic amines is 1. The number of amides is 2. The maximum Gasteiger partial charge on any atom is 0.264 e. The van der Waals surface area contributed by atoms with Crippen LogP contribution in [0.3, 0.4) is 0 Å². The van der Waals surface area contributed by atoms with Gasteiger partial charge >= 0.3 is 0 Å². The largest absolute Gasteiger partial charge is 0.355 e. The van der Waals surface area contributed by atoms with Crippen molar-refractivity contribution in [3.05, 3.63) is 76.4 Å². The van der Waals surface area contributed by atoms with Crippen molar-refractivity contribution in [1.82, 2.24) is 9.88 Å². The molecular formula is C23H20BrN3O2. The first-order valence-corrected chi connectivity index (χ1v) is 10.4. The molecule has 3 heterocycles. The molecule has 0 saturated heterocycles. The Morgan fingerprint density at radius 3 is 2.86 bits per heavy atom. The summed E-state index contributed by atoms with van der Waals surface area (Å²) in [6.07, 6.45) is 2.43. The van der Waals surface area contributed by atoms with Gasteiger partial charge < -0.3 is 14.8 Å². The number of halogens is 1. The van der Waals surface area contributed by atoms with Gasteiger partial charge in [-0.1, -0.05) is 40.2 Å². The lowest BCUT2D eigenvalue weighted by molar-refractivity contribution is -0.143. The van der Waals surface area contributed by atoms with E-state index < -0.39 is 5.54 Å². The summed E-state index contributed by atoms with van der Waals surface area (Å²) in [4.78, 5) is 33.8. The van der Waals surface area contributed by atoms with Gasteiger partial charge in [-0.05, 0) is 36.2 Å². The second kappa shape index (κ2) is 6.32. The number of H-pyrrole nitrogens is 1. The monoisotopic (exact) mass is 449 g/mol. The highest BCUT2D eigenvalue weighted by atomic mass is 79.9. The molecular weight excluding hydrogens is 430 g/mol. The van der Waals surface area contributed by atoms with Crippen molar-refractivity contribution in [2.45, 2.75) is 18.9 Å². The molecule has 5 nitrogen and oxygen atoms in total. The molecule has 0 unspecified atom stereocenters. The van der Waals surface area contributed by atoms with E-state index in [1.165, 1.54) is 6.92 Å². The third-order valence-corrected chi connectivity index (χ3v) is 6.54. The molecule has 3 aromatic rings. The fourth-order valence-corrected chi connectivity index (χ4v) is 5.32. The van der Waals surface area contributed by atoms with E-state index in [9.17, 15) is 9.59 Å². The standard InChI is InChI=1S/C23H20BrN3O2/c1-3-11-26-20-9-8-15(24)13-18(20)23(22(26)29)21-17(10-12-27(23)14(2)28)16-6-4-5-7-19(16)25-21/h3-9,13,25H,1,10-12H2,2H3/t23-/m0/s1. The zero-order chi connectivity index (χ0) is 20.3. The summed E-state index contributed by atoms with van der Waals surface area (Å²) >= 11 is 3.56. The SMILES string of the molecule is C=CCN1C(=O)[C@]2(c3cc(Br)ccc31)c1[nH]c3ccccc3c1CCN2C(C)=O. The van der Waals surface area contributed by atoms with E-state index in [0.717, 1.165) is 37.9 Å². The highest BCUT2D eigenvalue weighted by Gasteiger charge is 2.60. The van der Waals surface area contributed by atoms with E-state index in [1.807, 2.05) is 36.4 Å². The van der Waals surface area contributed by atoms with Gasteiger partial charge in [-0.3, -0.25) is 9.59 Å². The zero-order valence-electron chi connectivity index (χ0n) is 16.0. The lowest BCUT2D eigenvalue weighted by Gasteiger charge is -2.43. The van der Waals surface area contributed by atoms with Crippen molar-refractivity contribution in [3.8, 4) is 0 Å². The van der Waals surface area contributed by atoms with Gasteiger partial charge in [0.05, 0.1) is 11.4 Å². The summed E-state index contributed by atoms with van der Waals surface area (Å²) in [6.45, 7) is 6.24. The molecule has 5 rings (SSSR count). The van der Waals surface area contributed by atoms with E-state index in [2.05, 4.69) is 33.6 Å². The number of carbonyl (C=O) groups excluding carboxylic acids is 2. The van der Waals surface area contributed by atoms with Crippen LogP contribution in [0.4, 0.5) is 5.69 Å². The van der Waals surface area contributed by atoms with Crippen LogP contribution in [0.2, 0.25) is 0 Å². The predicted octanol–water partition coefficient (Wildman–Crippen LogP) is 4.11. The summed E-state index contributed by atoms with van der Waals surface area (Å²) in [5.41, 5.74) is 3.33. The van der Waals surface area contributed by atoms with Crippen LogP contribution in [0.5, 0.6) is 0 Å². The predicted molar refractivity (Wildman–Crippen MR) is 117 cm³/mol. The van der Waals surface area contributed by atoms with Crippen molar-refractivity contribution in [2.75, 3.05) is 18.0 Å². The first kappa shape index (κ1) is 18.2. The minimum Gasteiger partial charge on any atom is -0.355 e. The van der Waals surface area contributed by atoms with Crippen LogP contribution >= 0.6 is 15.9 Å². The van der Waals surface area contributed by atoms with Gasteiger partial charge in [-0.2, -0.15) is 0 Å². The molecule has 1 spiro atoms. The Kier molecular flexibility index (Phi) is 3.96. The zero-order valence-corrected chi connectivity index (χ0v) is 17.6. The number of carbonyl (C=O) groups is 2. The van der Waals surface area contributed by atoms with Crippen molar-refractivity contribution >= 4 is 44.3 Å². The number of hydrogen-bond acceptors (Lipinski definition) is 2. The highest BCUT2D eigenvalue weighted by Crippen LogP contribution is 2.52. The first-order chi connectivity index (χ1) is 14.0. The summed E-state index contributed by atoms with van der Waals surface area (Å²) in [7, 11) is 0. The van der Waals surface area contributed by atoms with E-state index in [0.29, 0.717) is 19.5 Å². The number of benzene rings is 2. The normalized spacial score (nSPS) is 20.3. The van der Waals surface area contributed by atoms with Crippen LogP contribution in [0.1, 0.15) is 23.7 Å². The molecule has 146 valence electrons. The number of aromatic nitrogens is 1. The Hall–Kier alpha value is -2.86. The average molecular weight is 450 g/mol. The molecule has 1 atom stereocenters. The Labute approximate surface area is 177 Å². The number of anilines is 1. The maximum atomic E-state index is 14.0.